The smallest absolute Gasteiger partial charge is 0.233 e. The molecule has 1 fully saturated rings. The maximum Gasteiger partial charge on any atom is 0.233 e. The first kappa shape index (κ1) is 15.2. The van der Waals surface area contributed by atoms with Crippen molar-refractivity contribution in [2.75, 3.05) is 6.54 Å². The highest BCUT2D eigenvalue weighted by atomic mass is 16.2. The van der Waals surface area contributed by atoms with Crippen LogP contribution >= 0.6 is 0 Å². The number of carbonyl (C=O) groups is 2. The van der Waals surface area contributed by atoms with Crippen LogP contribution < -0.4 is 5.32 Å². The Labute approximate surface area is 111 Å². The van der Waals surface area contributed by atoms with E-state index in [9.17, 15) is 9.59 Å². The standard InChI is InChI=1S/C15H27NO2/c1-5-6-7-9-12(17)15(4)13(18)16-11-8-10-14(15,2)3/h5-11H2,1-4H3,(H,16,18). The maximum absolute atomic E-state index is 12.5. The summed E-state index contributed by atoms with van der Waals surface area (Å²) in [5, 5.41) is 2.90. The van der Waals surface area contributed by atoms with E-state index in [0.29, 0.717) is 13.0 Å². The second-order valence-corrected chi connectivity index (χ2v) is 6.25. The van der Waals surface area contributed by atoms with E-state index in [0.717, 1.165) is 32.1 Å². The Morgan fingerprint density at radius 2 is 1.94 bits per heavy atom. The van der Waals surface area contributed by atoms with Crippen LogP contribution in [0.15, 0.2) is 0 Å². The molecular formula is C15H27NO2. The van der Waals surface area contributed by atoms with E-state index in [1.54, 1.807) is 0 Å². The van der Waals surface area contributed by atoms with Gasteiger partial charge in [0.2, 0.25) is 5.91 Å². The fraction of sp³-hybridized carbons (Fsp3) is 0.867. The lowest BCUT2D eigenvalue weighted by Crippen LogP contribution is -2.51. The normalized spacial score (nSPS) is 27.4. The summed E-state index contributed by atoms with van der Waals surface area (Å²) in [5.74, 6) is 0.0341. The highest BCUT2D eigenvalue weighted by Gasteiger charge is 2.52. The summed E-state index contributed by atoms with van der Waals surface area (Å²) < 4.78 is 0. The van der Waals surface area contributed by atoms with Crippen LogP contribution in [0.4, 0.5) is 0 Å². The van der Waals surface area contributed by atoms with Gasteiger partial charge in [-0.15, -0.1) is 0 Å². The van der Waals surface area contributed by atoms with E-state index in [-0.39, 0.29) is 17.1 Å². The molecule has 3 heteroatoms. The van der Waals surface area contributed by atoms with E-state index in [1.807, 2.05) is 6.92 Å². The van der Waals surface area contributed by atoms with Gasteiger partial charge in [-0.2, -0.15) is 0 Å². The third-order valence-electron chi connectivity index (χ3n) is 4.64. The molecule has 1 amide bonds. The molecule has 0 aromatic carbocycles. The first-order valence-electron chi connectivity index (χ1n) is 7.18. The van der Waals surface area contributed by atoms with Crippen molar-refractivity contribution >= 4 is 11.7 Å². The molecule has 0 bridgehead atoms. The molecule has 0 aromatic rings. The van der Waals surface area contributed by atoms with E-state index in [1.165, 1.54) is 0 Å². The number of rotatable bonds is 5. The van der Waals surface area contributed by atoms with Crippen LogP contribution in [0.1, 0.15) is 66.2 Å². The quantitative estimate of drug-likeness (QED) is 0.604. The van der Waals surface area contributed by atoms with Gasteiger partial charge in [-0.3, -0.25) is 9.59 Å². The van der Waals surface area contributed by atoms with Gasteiger partial charge < -0.3 is 5.32 Å². The molecule has 18 heavy (non-hydrogen) atoms. The zero-order valence-electron chi connectivity index (χ0n) is 12.3. The monoisotopic (exact) mass is 253 g/mol. The van der Waals surface area contributed by atoms with Crippen LogP contribution in [0, 0.1) is 10.8 Å². The van der Waals surface area contributed by atoms with Crippen LogP contribution in [0.25, 0.3) is 0 Å². The highest BCUT2D eigenvalue weighted by molar-refractivity contribution is 6.06. The number of amides is 1. The Hall–Kier alpha value is -0.860. The maximum atomic E-state index is 12.5. The summed E-state index contributed by atoms with van der Waals surface area (Å²) in [6.45, 7) is 8.75. The average Bonchev–Trinajstić information content (AvgIpc) is 2.41. The van der Waals surface area contributed by atoms with Crippen molar-refractivity contribution in [1.29, 1.82) is 0 Å². The van der Waals surface area contributed by atoms with Crippen LogP contribution in [-0.2, 0) is 9.59 Å². The number of unbranched alkanes of at least 4 members (excludes halogenated alkanes) is 2. The summed E-state index contributed by atoms with van der Waals surface area (Å²) >= 11 is 0. The lowest BCUT2D eigenvalue weighted by Gasteiger charge is -2.40. The lowest BCUT2D eigenvalue weighted by atomic mass is 9.61. The number of hydrogen-bond donors (Lipinski definition) is 1. The van der Waals surface area contributed by atoms with Crippen molar-refractivity contribution in [3.63, 3.8) is 0 Å². The van der Waals surface area contributed by atoms with Crippen LogP contribution in [0.5, 0.6) is 0 Å². The Bertz CT molecular complexity index is 322. The predicted molar refractivity (Wildman–Crippen MR) is 73.3 cm³/mol. The molecule has 104 valence electrons. The summed E-state index contributed by atoms with van der Waals surface area (Å²) in [5.41, 5.74) is -1.12. The van der Waals surface area contributed by atoms with Gasteiger partial charge >= 0.3 is 0 Å². The molecule has 1 heterocycles. The van der Waals surface area contributed by atoms with Gasteiger partial charge in [-0.25, -0.2) is 0 Å². The fourth-order valence-corrected chi connectivity index (χ4v) is 2.76. The number of hydrogen-bond acceptors (Lipinski definition) is 2. The molecule has 3 nitrogen and oxygen atoms in total. The van der Waals surface area contributed by atoms with Gasteiger partial charge in [0.05, 0.1) is 0 Å². The van der Waals surface area contributed by atoms with Crippen LogP contribution in [0.2, 0.25) is 0 Å². The highest BCUT2D eigenvalue weighted by Crippen LogP contribution is 2.45. The van der Waals surface area contributed by atoms with Gasteiger partial charge in [0, 0.05) is 13.0 Å². The van der Waals surface area contributed by atoms with E-state index in [4.69, 9.17) is 0 Å². The first-order valence-corrected chi connectivity index (χ1v) is 7.18. The fourth-order valence-electron chi connectivity index (χ4n) is 2.76. The van der Waals surface area contributed by atoms with Gasteiger partial charge in [-0.1, -0.05) is 33.6 Å². The molecule has 1 saturated heterocycles. The first-order chi connectivity index (χ1) is 8.36. The predicted octanol–water partition coefficient (Wildman–Crippen LogP) is 3.08. The van der Waals surface area contributed by atoms with E-state index >= 15 is 0 Å². The van der Waals surface area contributed by atoms with Gasteiger partial charge in [0.15, 0.2) is 0 Å². The molecule has 0 saturated carbocycles. The Morgan fingerprint density at radius 3 is 2.56 bits per heavy atom. The Kier molecular flexibility index (Phi) is 4.94. The van der Waals surface area contributed by atoms with Crippen molar-refractivity contribution in [1.82, 2.24) is 5.32 Å². The third-order valence-corrected chi connectivity index (χ3v) is 4.64. The molecule has 0 spiro atoms. The number of ketones is 1. The topological polar surface area (TPSA) is 46.2 Å². The minimum absolute atomic E-state index is 0.0773. The van der Waals surface area contributed by atoms with Crippen molar-refractivity contribution in [3.8, 4) is 0 Å². The van der Waals surface area contributed by atoms with Crippen LogP contribution in [0.3, 0.4) is 0 Å². The molecule has 1 aliphatic heterocycles. The van der Waals surface area contributed by atoms with Gasteiger partial charge in [0.1, 0.15) is 11.2 Å². The molecule has 1 atom stereocenters. The molecule has 1 rings (SSSR count). The van der Waals surface area contributed by atoms with E-state index < -0.39 is 5.41 Å². The molecule has 1 aliphatic rings. The van der Waals surface area contributed by atoms with Crippen molar-refractivity contribution in [2.24, 2.45) is 10.8 Å². The molecule has 1 N–H and O–H groups in total. The summed E-state index contributed by atoms with van der Waals surface area (Å²) in [6, 6.07) is 0. The third kappa shape index (κ3) is 2.76. The summed E-state index contributed by atoms with van der Waals surface area (Å²) in [6.07, 6.45) is 5.46. The number of carbonyl (C=O) groups excluding carboxylic acids is 2. The zero-order chi connectivity index (χ0) is 13.8. The SMILES string of the molecule is CCCCCC(=O)C1(C)C(=O)NCCCC1(C)C. The van der Waals surface area contributed by atoms with E-state index in [2.05, 4.69) is 26.1 Å². The summed E-state index contributed by atoms with van der Waals surface area (Å²) in [4.78, 5) is 24.8. The molecular weight excluding hydrogens is 226 g/mol. The van der Waals surface area contributed by atoms with Gasteiger partial charge in [-0.05, 0) is 31.6 Å². The van der Waals surface area contributed by atoms with Crippen molar-refractivity contribution in [3.05, 3.63) is 0 Å². The summed E-state index contributed by atoms with van der Waals surface area (Å²) in [7, 11) is 0. The second kappa shape index (κ2) is 5.85. The molecule has 0 radical (unpaired) electrons. The number of Topliss-reactive ketones (excluding diaryl/α,β-unsaturated/α-hetero) is 1. The van der Waals surface area contributed by atoms with Gasteiger partial charge in [0.25, 0.3) is 0 Å². The van der Waals surface area contributed by atoms with Crippen LogP contribution in [-0.4, -0.2) is 18.2 Å². The molecule has 0 aliphatic carbocycles. The molecule has 1 unspecified atom stereocenters. The minimum Gasteiger partial charge on any atom is -0.355 e. The average molecular weight is 253 g/mol. The van der Waals surface area contributed by atoms with Crippen molar-refractivity contribution in [2.45, 2.75) is 66.2 Å². The zero-order valence-corrected chi connectivity index (χ0v) is 12.3. The minimum atomic E-state index is -0.864. The second-order valence-electron chi connectivity index (χ2n) is 6.25. The lowest BCUT2D eigenvalue weighted by molar-refractivity contribution is -0.148. The molecule has 0 aromatic heterocycles. The Morgan fingerprint density at radius 1 is 1.28 bits per heavy atom. The van der Waals surface area contributed by atoms with Crippen molar-refractivity contribution < 1.29 is 9.59 Å². The number of nitrogens with one attached hydrogen (secondary N) is 1. The largest absolute Gasteiger partial charge is 0.355 e. The Balaban J connectivity index is 2.89.